The van der Waals surface area contributed by atoms with E-state index in [0.717, 1.165) is 35.2 Å². The number of carbonyl (C=O) groups is 2. The summed E-state index contributed by atoms with van der Waals surface area (Å²) < 4.78 is 1.81. The van der Waals surface area contributed by atoms with Crippen LogP contribution in [0.25, 0.3) is 5.69 Å². The number of aromatic nitrogens is 3. The van der Waals surface area contributed by atoms with Crippen LogP contribution < -0.4 is 10.6 Å². The number of hydrogen-bond donors (Lipinski definition) is 2. The van der Waals surface area contributed by atoms with E-state index in [0.29, 0.717) is 25.1 Å². The number of hydrogen-bond acceptors (Lipinski definition) is 4. The van der Waals surface area contributed by atoms with Crippen LogP contribution in [0.1, 0.15) is 46.4 Å². The quantitative estimate of drug-likeness (QED) is 0.685. The largest absolute Gasteiger partial charge is 0.354 e. The van der Waals surface area contributed by atoms with Gasteiger partial charge in [0.25, 0.3) is 5.91 Å². The van der Waals surface area contributed by atoms with Gasteiger partial charge in [-0.25, -0.2) is 4.68 Å². The van der Waals surface area contributed by atoms with Gasteiger partial charge in [0.05, 0.1) is 5.69 Å². The maximum atomic E-state index is 12.7. The zero-order chi connectivity index (χ0) is 20.9. The topological polar surface area (TPSA) is 88.9 Å². The van der Waals surface area contributed by atoms with E-state index in [1.54, 1.807) is 12.4 Å². The van der Waals surface area contributed by atoms with Crippen molar-refractivity contribution in [3.8, 4) is 5.69 Å². The Hall–Kier alpha value is -3.48. The van der Waals surface area contributed by atoms with Crippen molar-refractivity contribution in [3.63, 3.8) is 0 Å². The van der Waals surface area contributed by atoms with Crippen molar-refractivity contribution in [2.75, 3.05) is 6.54 Å². The van der Waals surface area contributed by atoms with Crippen LogP contribution in [0, 0.1) is 6.92 Å². The van der Waals surface area contributed by atoms with E-state index >= 15 is 0 Å². The number of carbonyl (C=O) groups excluding carboxylic acids is 2. The van der Waals surface area contributed by atoms with E-state index in [1.807, 2.05) is 42.1 Å². The Bertz CT molecular complexity index is 1030. The predicted molar refractivity (Wildman–Crippen MR) is 113 cm³/mol. The number of benzene rings is 1. The van der Waals surface area contributed by atoms with Crippen LogP contribution >= 0.6 is 0 Å². The molecule has 2 aromatic heterocycles. The summed E-state index contributed by atoms with van der Waals surface area (Å²) in [4.78, 5) is 29.1. The molecule has 0 saturated carbocycles. The molecule has 0 bridgehead atoms. The molecule has 1 fully saturated rings. The van der Waals surface area contributed by atoms with Crippen molar-refractivity contribution in [3.05, 3.63) is 77.4 Å². The van der Waals surface area contributed by atoms with Crippen molar-refractivity contribution >= 4 is 11.8 Å². The standard InChI is InChI=1S/C23H25N5O2/c1-16-15-25-21(23(30)27-20-5-2-3-10-24-22(20)29)14-18(16)13-17-6-8-19(9-7-17)28-12-4-11-26-28/h4,6-9,11-12,14-15,20H,2-3,5,10,13H2,1H3,(H,24,29)(H,27,30)/t20-/m1/s1. The lowest BCUT2D eigenvalue weighted by atomic mass is 10.0. The summed E-state index contributed by atoms with van der Waals surface area (Å²) in [5.41, 5.74) is 4.52. The van der Waals surface area contributed by atoms with Gasteiger partial charge in [0.1, 0.15) is 11.7 Å². The molecule has 1 atom stereocenters. The molecule has 1 aliphatic heterocycles. The van der Waals surface area contributed by atoms with Crippen molar-refractivity contribution < 1.29 is 9.59 Å². The normalized spacial score (nSPS) is 16.6. The highest BCUT2D eigenvalue weighted by atomic mass is 16.2. The van der Waals surface area contributed by atoms with Gasteiger partial charge in [-0.1, -0.05) is 12.1 Å². The zero-order valence-corrected chi connectivity index (χ0v) is 17.0. The Morgan fingerprint density at radius 1 is 1.27 bits per heavy atom. The number of aryl methyl sites for hydroxylation is 1. The van der Waals surface area contributed by atoms with Crippen LogP contribution in [0.2, 0.25) is 0 Å². The molecule has 0 spiro atoms. The molecule has 3 aromatic rings. The van der Waals surface area contributed by atoms with Crippen molar-refractivity contribution in [2.24, 2.45) is 0 Å². The number of nitrogens with zero attached hydrogens (tertiary/aromatic N) is 3. The molecule has 7 nitrogen and oxygen atoms in total. The fourth-order valence-corrected chi connectivity index (χ4v) is 3.60. The second-order valence-electron chi connectivity index (χ2n) is 7.60. The first-order valence-corrected chi connectivity index (χ1v) is 10.2. The third-order valence-corrected chi connectivity index (χ3v) is 5.39. The number of rotatable bonds is 5. The second-order valence-corrected chi connectivity index (χ2v) is 7.60. The molecule has 0 aliphatic carbocycles. The maximum Gasteiger partial charge on any atom is 0.270 e. The Balaban J connectivity index is 1.47. The van der Waals surface area contributed by atoms with E-state index in [1.165, 1.54) is 0 Å². The first-order valence-electron chi connectivity index (χ1n) is 10.2. The van der Waals surface area contributed by atoms with E-state index in [2.05, 4.69) is 32.8 Å². The van der Waals surface area contributed by atoms with Crippen LogP contribution in [-0.2, 0) is 11.2 Å². The lowest BCUT2D eigenvalue weighted by molar-refractivity contribution is -0.122. The monoisotopic (exact) mass is 403 g/mol. The lowest BCUT2D eigenvalue weighted by Gasteiger charge is -2.15. The molecule has 1 aromatic carbocycles. The molecule has 154 valence electrons. The van der Waals surface area contributed by atoms with Crippen LogP contribution in [-0.4, -0.2) is 39.2 Å². The summed E-state index contributed by atoms with van der Waals surface area (Å²) in [6, 6.07) is 11.4. The summed E-state index contributed by atoms with van der Waals surface area (Å²) in [6.07, 6.45) is 8.56. The van der Waals surface area contributed by atoms with Crippen LogP contribution in [0.4, 0.5) is 0 Å². The minimum Gasteiger partial charge on any atom is -0.354 e. The van der Waals surface area contributed by atoms with E-state index in [4.69, 9.17) is 0 Å². The van der Waals surface area contributed by atoms with E-state index in [9.17, 15) is 9.59 Å². The number of pyridine rings is 1. The average molecular weight is 403 g/mol. The Morgan fingerprint density at radius 3 is 2.87 bits per heavy atom. The fourth-order valence-electron chi connectivity index (χ4n) is 3.60. The lowest BCUT2D eigenvalue weighted by Crippen LogP contribution is -2.45. The van der Waals surface area contributed by atoms with Gasteiger partial charge in [-0.05, 0) is 73.6 Å². The third kappa shape index (κ3) is 4.56. The third-order valence-electron chi connectivity index (χ3n) is 5.39. The Kier molecular flexibility index (Phi) is 5.88. The fraction of sp³-hybridized carbons (Fsp3) is 0.304. The molecule has 3 heterocycles. The molecule has 0 unspecified atom stereocenters. The second kappa shape index (κ2) is 8.90. The first kappa shape index (κ1) is 19.8. The van der Waals surface area contributed by atoms with Gasteiger partial charge >= 0.3 is 0 Å². The van der Waals surface area contributed by atoms with Gasteiger partial charge in [-0.2, -0.15) is 5.10 Å². The minimum absolute atomic E-state index is 0.120. The average Bonchev–Trinajstić information content (AvgIpc) is 3.22. The molecule has 7 heteroatoms. The number of amides is 2. The van der Waals surface area contributed by atoms with Crippen molar-refractivity contribution in [1.29, 1.82) is 0 Å². The van der Waals surface area contributed by atoms with Gasteiger partial charge < -0.3 is 10.6 Å². The summed E-state index contributed by atoms with van der Waals surface area (Å²) in [5, 5.41) is 9.91. The van der Waals surface area contributed by atoms with Crippen LogP contribution in [0.5, 0.6) is 0 Å². The van der Waals surface area contributed by atoms with Crippen LogP contribution in [0.3, 0.4) is 0 Å². The molecule has 30 heavy (non-hydrogen) atoms. The van der Waals surface area contributed by atoms with E-state index in [-0.39, 0.29) is 11.8 Å². The van der Waals surface area contributed by atoms with Gasteiger partial charge in [0, 0.05) is 25.1 Å². The summed E-state index contributed by atoms with van der Waals surface area (Å²) in [5.74, 6) is -0.433. The summed E-state index contributed by atoms with van der Waals surface area (Å²) in [7, 11) is 0. The Labute approximate surface area is 175 Å². The molecule has 1 aliphatic rings. The molecule has 2 N–H and O–H groups in total. The predicted octanol–water partition coefficient (Wildman–Crippen LogP) is 2.57. The molecular formula is C23H25N5O2. The zero-order valence-electron chi connectivity index (χ0n) is 17.0. The minimum atomic E-state index is -0.499. The van der Waals surface area contributed by atoms with Gasteiger partial charge in [-0.3, -0.25) is 14.6 Å². The van der Waals surface area contributed by atoms with Crippen molar-refractivity contribution in [1.82, 2.24) is 25.4 Å². The van der Waals surface area contributed by atoms with Crippen molar-refractivity contribution in [2.45, 2.75) is 38.6 Å². The van der Waals surface area contributed by atoms with Crippen LogP contribution in [0.15, 0.2) is 55.0 Å². The number of nitrogens with one attached hydrogen (secondary N) is 2. The maximum absolute atomic E-state index is 12.7. The summed E-state index contributed by atoms with van der Waals surface area (Å²) >= 11 is 0. The molecule has 2 amide bonds. The van der Waals surface area contributed by atoms with Gasteiger partial charge in [-0.15, -0.1) is 0 Å². The first-order chi connectivity index (χ1) is 14.6. The highest BCUT2D eigenvalue weighted by Crippen LogP contribution is 2.17. The molecule has 1 saturated heterocycles. The van der Waals surface area contributed by atoms with Gasteiger partial charge in [0.2, 0.25) is 5.91 Å². The summed E-state index contributed by atoms with van der Waals surface area (Å²) in [6.45, 7) is 2.65. The highest BCUT2D eigenvalue weighted by Gasteiger charge is 2.23. The highest BCUT2D eigenvalue weighted by molar-refractivity contribution is 5.96. The SMILES string of the molecule is Cc1cnc(C(=O)N[C@@H]2CCCCNC2=O)cc1Cc1ccc(-n2cccn2)cc1. The Morgan fingerprint density at radius 2 is 2.10 bits per heavy atom. The van der Waals surface area contributed by atoms with Gasteiger partial charge in [0.15, 0.2) is 0 Å². The molecule has 4 rings (SSSR count). The smallest absolute Gasteiger partial charge is 0.270 e. The molecule has 0 radical (unpaired) electrons. The molecular weight excluding hydrogens is 378 g/mol. The van der Waals surface area contributed by atoms with E-state index < -0.39 is 6.04 Å².